The minimum Gasteiger partial charge on any atom is -0.484 e. The van der Waals surface area contributed by atoms with Crippen molar-refractivity contribution in [2.24, 2.45) is 0 Å². The molecule has 6 nitrogen and oxygen atoms in total. The summed E-state index contributed by atoms with van der Waals surface area (Å²) in [4.78, 5) is 26.1. The second-order valence-electron chi connectivity index (χ2n) is 5.98. The molecule has 1 aliphatic rings. The zero-order chi connectivity index (χ0) is 17.6. The lowest BCUT2D eigenvalue weighted by molar-refractivity contribution is -0.132. The Hall–Kier alpha value is -2.73. The number of hydrogen-bond acceptors (Lipinski definition) is 4. The fourth-order valence-electron chi connectivity index (χ4n) is 2.70. The molecule has 3 rings (SSSR count). The number of halogens is 1. The molecule has 1 aliphatic heterocycles. The highest BCUT2D eigenvalue weighted by Crippen LogP contribution is 2.19. The Morgan fingerprint density at radius 3 is 2.46 bits per heavy atom. The molecule has 3 N–H and O–H groups in total. The van der Waals surface area contributed by atoms with Crippen molar-refractivity contribution < 1.29 is 14.3 Å². The highest BCUT2D eigenvalue weighted by molar-refractivity contribution is 6.04. The van der Waals surface area contributed by atoms with Crippen molar-refractivity contribution in [3.63, 3.8) is 0 Å². The third-order valence-corrected chi connectivity index (χ3v) is 4.09. The molecule has 0 aliphatic carbocycles. The van der Waals surface area contributed by atoms with Crippen molar-refractivity contribution in [3.8, 4) is 5.75 Å². The van der Waals surface area contributed by atoms with Crippen molar-refractivity contribution in [2.75, 3.05) is 30.7 Å². The van der Waals surface area contributed by atoms with Crippen LogP contribution in [0, 0.1) is 0 Å². The van der Waals surface area contributed by atoms with Crippen LogP contribution in [0.4, 0.5) is 11.4 Å². The molecule has 0 atom stereocenters. The molecule has 2 amide bonds. The maximum Gasteiger partial charge on any atom is 0.260 e. The number of nitrogens with one attached hydrogen (secondary N) is 1. The largest absolute Gasteiger partial charge is 0.484 e. The van der Waals surface area contributed by atoms with Crippen molar-refractivity contribution >= 4 is 35.6 Å². The fourth-order valence-corrected chi connectivity index (χ4v) is 2.70. The first kappa shape index (κ1) is 19.6. The van der Waals surface area contributed by atoms with Gasteiger partial charge in [-0.3, -0.25) is 9.59 Å². The van der Waals surface area contributed by atoms with Crippen molar-refractivity contribution in [1.82, 2.24) is 4.90 Å². The molecule has 1 fully saturated rings. The maximum atomic E-state index is 12.2. The number of nitrogen functional groups attached to an aromatic ring is 1. The summed E-state index contributed by atoms with van der Waals surface area (Å²) in [6.07, 6.45) is 2.11. The van der Waals surface area contributed by atoms with Gasteiger partial charge in [-0.2, -0.15) is 0 Å². The number of carbonyl (C=O) groups is 2. The molecule has 26 heavy (non-hydrogen) atoms. The van der Waals surface area contributed by atoms with E-state index in [-0.39, 0.29) is 30.8 Å². The minimum atomic E-state index is -0.231. The summed E-state index contributed by atoms with van der Waals surface area (Å²) in [7, 11) is 0. The summed E-state index contributed by atoms with van der Waals surface area (Å²) in [5.74, 6) is 0.307. The fraction of sp³-hybridized carbons (Fsp3) is 0.263. The standard InChI is InChI=1S/C19H21N3O3.ClH/c20-15-8-6-14(7-9-15)19(24)21-16-4-3-5-17(12-16)25-13-18(23)22-10-1-2-11-22;/h3-9,12H,1-2,10-11,13,20H2,(H,21,24);1H. The Bertz CT molecular complexity index is 759. The van der Waals surface area contributed by atoms with Gasteiger partial charge in [0.25, 0.3) is 11.8 Å². The van der Waals surface area contributed by atoms with Crippen LogP contribution in [0.1, 0.15) is 23.2 Å². The number of hydrogen-bond donors (Lipinski definition) is 2. The lowest BCUT2D eigenvalue weighted by Gasteiger charge is -2.15. The van der Waals surface area contributed by atoms with Crippen LogP contribution in [0.15, 0.2) is 48.5 Å². The van der Waals surface area contributed by atoms with Gasteiger partial charge < -0.3 is 20.7 Å². The molecule has 1 saturated heterocycles. The highest BCUT2D eigenvalue weighted by atomic mass is 35.5. The van der Waals surface area contributed by atoms with Crippen LogP contribution in [0.25, 0.3) is 0 Å². The van der Waals surface area contributed by atoms with E-state index in [0.29, 0.717) is 22.7 Å². The first-order valence-electron chi connectivity index (χ1n) is 8.29. The smallest absolute Gasteiger partial charge is 0.260 e. The van der Waals surface area contributed by atoms with Crippen LogP contribution in [0.2, 0.25) is 0 Å². The first-order chi connectivity index (χ1) is 12.1. The van der Waals surface area contributed by atoms with Crippen LogP contribution in [-0.4, -0.2) is 36.4 Å². The average molecular weight is 376 g/mol. The van der Waals surface area contributed by atoms with Gasteiger partial charge in [0, 0.05) is 36.1 Å². The number of benzene rings is 2. The van der Waals surface area contributed by atoms with E-state index in [1.54, 1.807) is 48.5 Å². The molecule has 2 aromatic carbocycles. The molecule has 138 valence electrons. The number of ether oxygens (including phenoxy) is 1. The second kappa shape index (κ2) is 9.10. The molecule has 0 aromatic heterocycles. The summed E-state index contributed by atoms with van der Waals surface area (Å²) >= 11 is 0. The normalized spacial score (nSPS) is 13.0. The number of carbonyl (C=O) groups excluding carboxylic acids is 2. The predicted octanol–water partition coefficient (Wildman–Crippen LogP) is 2.94. The molecular formula is C19H22ClN3O3. The summed E-state index contributed by atoms with van der Waals surface area (Å²) in [6.45, 7) is 1.62. The van der Waals surface area contributed by atoms with E-state index >= 15 is 0 Å². The third-order valence-electron chi connectivity index (χ3n) is 4.09. The molecule has 0 saturated carbocycles. The van der Waals surface area contributed by atoms with E-state index in [2.05, 4.69) is 5.32 Å². The van der Waals surface area contributed by atoms with Gasteiger partial charge in [-0.05, 0) is 49.2 Å². The summed E-state index contributed by atoms with van der Waals surface area (Å²) in [5, 5.41) is 2.81. The van der Waals surface area contributed by atoms with Crippen molar-refractivity contribution in [1.29, 1.82) is 0 Å². The van der Waals surface area contributed by atoms with Gasteiger partial charge in [-0.1, -0.05) is 6.07 Å². The van der Waals surface area contributed by atoms with Crippen molar-refractivity contribution in [3.05, 3.63) is 54.1 Å². The number of rotatable bonds is 5. The van der Waals surface area contributed by atoms with E-state index in [0.717, 1.165) is 25.9 Å². The zero-order valence-corrected chi connectivity index (χ0v) is 15.1. The maximum absolute atomic E-state index is 12.2. The Morgan fingerprint density at radius 2 is 1.77 bits per heavy atom. The van der Waals surface area contributed by atoms with Crippen LogP contribution < -0.4 is 15.8 Å². The summed E-state index contributed by atoms with van der Waals surface area (Å²) < 4.78 is 5.56. The van der Waals surface area contributed by atoms with Gasteiger partial charge in [0.15, 0.2) is 6.61 Å². The molecular weight excluding hydrogens is 354 g/mol. The number of anilines is 2. The molecule has 2 aromatic rings. The van der Waals surface area contributed by atoms with Crippen LogP contribution in [0.5, 0.6) is 5.75 Å². The minimum absolute atomic E-state index is 0. The van der Waals surface area contributed by atoms with Gasteiger partial charge in [0.05, 0.1) is 0 Å². The van der Waals surface area contributed by atoms with E-state index in [1.807, 2.05) is 4.90 Å². The van der Waals surface area contributed by atoms with E-state index in [1.165, 1.54) is 0 Å². The lowest BCUT2D eigenvalue weighted by atomic mass is 10.2. The molecule has 0 spiro atoms. The summed E-state index contributed by atoms with van der Waals surface area (Å²) in [6, 6.07) is 13.7. The summed E-state index contributed by atoms with van der Waals surface area (Å²) in [5.41, 5.74) is 7.35. The molecule has 0 unspecified atom stereocenters. The van der Waals surface area contributed by atoms with Crippen LogP contribution in [-0.2, 0) is 4.79 Å². The Morgan fingerprint density at radius 1 is 1.08 bits per heavy atom. The van der Waals surface area contributed by atoms with Crippen molar-refractivity contribution in [2.45, 2.75) is 12.8 Å². The predicted molar refractivity (Wildman–Crippen MR) is 104 cm³/mol. The van der Waals surface area contributed by atoms with E-state index in [9.17, 15) is 9.59 Å². The third kappa shape index (κ3) is 5.13. The molecule has 0 bridgehead atoms. The van der Waals surface area contributed by atoms with E-state index in [4.69, 9.17) is 10.5 Å². The quantitative estimate of drug-likeness (QED) is 0.787. The zero-order valence-electron chi connectivity index (χ0n) is 14.3. The molecule has 1 heterocycles. The van der Waals surface area contributed by atoms with E-state index < -0.39 is 0 Å². The van der Waals surface area contributed by atoms with Gasteiger partial charge in [0.1, 0.15) is 5.75 Å². The lowest BCUT2D eigenvalue weighted by Crippen LogP contribution is -2.32. The number of amides is 2. The van der Waals surface area contributed by atoms with Gasteiger partial charge >= 0.3 is 0 Å². The molecule has 0 radical (unpaired) electrons. The Kier molecular flexibility index (Phi) is 6.86. The number of nitrogens with zero attached hydrogens (tertiary/aromatic N) is 1. The number of nitrogens with two attached hydrogens (primary N) is 1. The first-order valence-corrected chi connectivity index (χ1v) is 8.29. The van der Waals surface area contributed by atoms with Gasteiger partial charge in [-0.25, -0.2) is 0 Å². The van der Waals surface area contributed by atoms with Crippen LogP contribution in [0.3, 0.4) is 0 Å². The monoisotopic (exact) mass is 375 g/mol. The van der Waals surface area contributed by atoms with Gasteiger partial charge in [0.2, 0.25) is 0 Å². The van der Waals surface area contributed by atoms with Crippen LogP contribution >= 0.6 is 12.4 Å². The Balaban J connectivity index is 0.00000243. The highest BCUT2D eigenvalue weighted by Gasteiger charge is 2.18. The number of likely N-dealkylation sites (tertiary alicyclic amines) is 1. The second-order valence-corrected chi connectivity index (χ2v) is 5.98. The van der Waals surface area contributed by atoms with Gasteiger partial charge in [-0.15, -0.1) is 12.4 Å². The average Bonchev–Trinajstić information content (AvgIpc) is 3.15. The topological polar surface area (TPSA) is 84.7 Å². The Labute approximate surface area is 158 Å². The SMILES string of the molecule is Cl.Nc1ccc(C(=O)Nc2cccc(OCC(=O)N3CCCC3)c2)cc1. The molecule has 7 heteroatoms.